The van der Waals surface area contributed by atoms with Gasteiger partial charge in [0.25, 0.3) is 0 Å². The Balaban J connectivity index is 2.39. The highest BCUT2D eigenvalue weighted by molar-refractivity contribution is 5.72. The van der Waals surface area contributed by atoms with E-state index in [2.05, 4.69) is 0 Å². The predicted octanol–water partition coefficient (Wildman–Crippen LogP) is 3.42. The van der Waals surface area contributed by atoms with Gasteiger partial charge in [0.1, 0.15) is 5.75 Å². The van der Waals surface area contributed by atoms with Crippen LogP contribution in [0.1, 0.15) is 12.5 Å². The summed E-state index contributed by atoms with van der Waals surface area (Å²) in [5.41, 5.74) is 0.608. The molecule has 0 spiro atoms. The summed E-state index contributed by atoms with van der Waals surface area (Å²) in [6, 6.07) is 12.4. The fourth-order valence-corrected chi connectivity index (χ4v) is 1.59. The Morgan fingerprint density at radius 3 is 2.42 bits per heavy atom. The first-order valence-corrected chi connectivity index (χ1v) is 5.82. The van der Waals surface area contributed by atoms with Crippen molar-refractivity contribution in [3.8, 4) is 23.0 Å². The zero-order valence-electron chi connectivity index (χ0n) is 10.7. The highest BCUT2D eigenvalue weighted by Gasteiger charge is 2.16. The monoisotopic (exact) mass is 258 g/mol. The normalized spacial score (nSPS) is 10.0. The molecule has 19 heavy (non-hydrogen) atoms. The SMILES string of the molecule is CC(=O)Oc1c(Oc2ccccc2)ccc(C)c1O. The van der Waals surface area contributed by atoms with E-state index >= 15 is 0 Å². The van der Waals surface area contributed by atoms with Gasteiger partial charge in [-0.1, -0.05) is 24.3 Å². The second-order valence-electron chi connectivity index (χ2n) is 4.07. The first-order chi connectivity index (χ1) is 9.08. The highest BCUT2D eigenvalue weighted by Crippen LogP contribution is 2.41. The van der Waals surface area contributed by atoms with Crippen molar-refractivity contribution in [3.05, 3.63) is 48.0 Å². The van der Waals surface area contributed by atoms with E-state index in [0.29, 0.717) is 17.1 Å². The summed E-state index contributed by atoms with van der Waals surface area (Å²) >= 11 is 0. The van der Waals surface area contributed by atoms with Crippen LogP contribution in [0.25, 0.3) is 0 Å². The minimum atomic E-state index is -0.515. The standard InChI is InChI=1S/C15H14O4/c1-10-8-9-13(15(14(10)17)18-11(2)16)19-12-6-4-3-5-7-12/h3-9,17H,1-2H3. The molecule has 0 saturated carbocycles. The Labute approximate surface area is 111 Å². The summed E-state index contributed by atoms with van der Waals surface area (Å²) in [6.45, 7) is 2.99. The van der Waals surface area contributed by atoms with Gasteiger partial charge in [-0.3, -0.25) is 4.79 Å². The van der Waals surface area contributed by atoms with E-state index in [1.165, 1.54) is 6.92 Å². The van der Waals surface area contributed by atoms with E-state index in [9.17, 15) is 9.90 Å². The molecule has 0 unspecified atom stereocenters. The lowest BCUT2D eigenvalue weighted by molar-refractivity contribution is -0.132. The van der Waals surface area contributed by atoms with E-state index < -0.39 is 5.97 Å². The molecule has 0 aromatic heterocycles. The van der Waals surface area contributed by atoms with Gasteiger partial charge in [-0.05, 0) is 30.7 Å². The third kappa shape index (κ3) is 3.04. The van der Waals surface area contributed by atoms with Crippen LogP contribution < -0.4 is 9.47 Å². The number of aryl methyl sites for hydroxylation is 1. The van der Waals surface area contributed by atoms with Gasteiger partial charge in [-0.15, -0.1) is 0 Å². The van der Waals surface area contributed by atoms with E-state index in [0.717, 1.165) is 0 Å². The van der Waals surface area contributed by atoms with Crippen LogP contribution in [0.2, 0.25) is 0 Å². The zero-order valence-corrected chi connectivity index (χ0v) is 10.7. The molecule has 4 heteroatoms. The summed E-state index contributed by atoms with van der Waals surface area (Å²) < 4.78 is 10.6. The molecule has 0 aliphatic heterocycles. The third-order valence-electron chi connectivity index (χ3n) is 2.51. The number of aromatic hydroxyl groups is 1. The lowest BCUT2D eigenvalue weighted by atomic mass is 10.2. The molecule has 0 amide bonds. The lowest BCUT2D eigenvalue weighted by Gasteiger charge is -2.13. The highest BCUT2D eigenvalue weighted by atomic mass is 16.6. The second kappa shape index (κ2) is 5.44. The molecular formula is C15H14O4. The van der Waals surface area contributed by atoms with E-state index in [-0.39, 0.29) is 11.5 Å². The third-order valence-corrected chi connectivity index (χ3v) is 2.51. The molecule has 98 valence electrons. The van der Waals surface area contributed by atoms with Crippen LogP contribution in [0, 0.1) is 6.92 Å². The van der Waals surface area contributed by atoms with Crippen LogP contribution in [0.15, 0.2) is 42.5 Å². The maximum absolute atomic E-state index is 11.1. The number of esters is 1. The molecule has 2 aromatic rings. The predicted molar refractivity (Wildman–Crippen MR) is 70.7 cm³/mol. The molecule has 0 bridgehead atoms. The summed E-state index contributed by atoms with van der Waals surface area (Å²) in [4.78, 5) is 11.1. The number of hydrogen-bond acceptors (Lipinski definition) is 4. The maximum atomic E-state index is 11.1. The van der Waals surface area contributed by atoms with Crippen molar-refractivity contribution in [3.63, 3.8) is 0 Å². The molecule has 0 heterocycles. The largest absolute Gasteiger partial charge is 0.504 e. The molecule has 2 aromatic carbocycles. The molecule has 0 atom stereocenters. The minimum Gasteiger partial charge on any atom is -0.504 e. The van der Waals surface area contributed by atoms with Crippen molar-refractivity contribution < 1.29 is 19.4 Å². The quantitative estimate of drug-likeness (QED) is 0.677. The number of phenolic OH excluding ortho intramolecular Hbond substituents is 1. The fourth-order valence-electron chi connectivity index (χ4n) is 1.59. The average molecular weight is 258 g/mol. The van der Waals surface area contributed by atoms with Gasteiger partial charge in [-0.2, -0.15) is 0 Å². The average Bonchev–Trinajstić information content (AvgIpc) is 2.39. The van der Waals surface area contributed by atoms with Crippen LogP contribution in [-0.4, -0.2) is 11.1 Å². The van der Waals surface area contributed by atoms with Crippen molar-refractivity contribution in [2.24, 2.45) is 0 Å². The Hall–Kier alpha value is -2.49. The molecule has 0 fully saturated rings. The molecule has 0 aliphatic rings. The van der Waals surface area contributed by atoms with Gasteiger partial charge in [0.15, 0.2) is 11.5 Å². The maximum Gasteiger partial charge on any atom is 0.308 e. The van der Waals surface area contributed by atoms with Crippen LogP contribution in [0.4, 0.5) is 0 Å². The summed E-state index contributed by atoms with van der Waals surface area (Å²) in [6.07, 6.45) is 0. The van der Waals surface area contributed by atoms with Crippen molar-refractivity contribution >= 4 is 5.97 Å². The molecule has 2 rings (SSSR count). The topological polar surface area (TPSA) is 55.8 Å². The van der Waals surface area contributed by atoms with E-state index in [4.69, 9.17) is 9.47 Å². The van der Waals surface area contributed by atoms with Gasteiger partial charge in [0.05, 0.1) is 0 Å². The Morgan fingerprint density at radius 2 is 1.79 bits per heavy atom. The molecular weight excluding hydrogens is 244 g/mol. The van der Waals surface area contributed by atoms with Crippen molar-refractivity contribution in [1.82, 2.24) is 0 Å². The number of para-hydroxylation sites is 1. The van der Waals surface area contributed by atoms with Gasteiger partial charge in [0.2, 0.25) is 5.75 Å². The molecule has 0 saturated heterocycles. The lowest BCUT2D eigenvalue weighted by Crippen LogP contribution is -2.03. The summed E-state index contributed by atoms with van der Waals surface area (Å²) in [5.74, 6) is 0.322. The number of phenols is 1. The number of ether oxygens (including phenoxy) is 2. The van der Waals surface area contributed by atoms with Crippen LogP contribution in [0.5, 0.6) is 23.0 Å². The first-order valence-electron chi connectivity index (χ1n) is 5.82. The number of carbonyl (C=O) groups is 1. The van der Waals surface area contributed by atoms with Crippen LogP contribution >= 0.6 is 0 Å². The van der Waals surface area contributed by atoms with Crippen LogP contribution in [-0.2, 0) is 4.79 Å². The summed E-state index contributed by atoms with van der Waals surface area (Å²) in [5, 5.41) is 9.95. The van der Waals surface area contributed by atoms with Crippen LogP contribution in [0.3, 0.4) is 0 Å². The zero-order chi connectivity index (χ0) is 13.8. The number of benzene rings is 2. The van der Waals surface area contributed by atoms with Gasteiger partial charge in [-0.25, -0.2) is 0 Å². The van der Waals surface area contributed by atoms with E-state index in [1.807, 2.05) is 18.2 Å². The fraction of sp³-hybridized carbons (Fsp3) is 0.133. The Bertz CT molecular complexity index is 591. The number of rotatable bonds is 3. The Kier molecular flexibility index (Phi) is 3.71. The first kappa shape index (κ1) is 13.0. The van der Waals surface area contributed by atoms with Gasteiger partial charge >= 0.3 is 5.97 Å². The molecule has 0 radical (unpaired) electrons. The van der Waals surface area contributed by atoms with Gasteiger partial charge in [0, 0.05) is 6.92 Å². The van der Waals surface area contributed by atoms with Crippen molar-refractivity contribution in [2.45, 2.75) is 13.8 Å². The number of carbonyl (C=O) groups excluding carboxylic acids is 1. The second-order valence-corrected chi connectivity index (χ2v) is 4.07. The molecule has 1 N–H and O–H groups in total. The van der Waals surface area contributed by atoms with Crippen molar-refractivity contribution in [2.75, 3.05) is 0 Å². The van der Waals surface area contributed by atoms with Gasteiger partial charge < -0.3 is 14.6 Å². The minimum absolute atomic E-state index is 0.0383. The number of hydrogen-bond donors (Lipinski definition) is 1. The summed E-state index contributed by atoms with van der Waals surface area (Å²) in [7, 11) is 0. The smallest absolute Gasteiger partial charge is 0.308 e. The molecule has 0 aliphatic carbocycles. The van der Waals surface area contributed by atoms with E-state index in [1.54, 1.807) is 31.2 Å². The van der Waals surface area contributed by atoms with Crippen molar-refractivity contribution in [1.29, 1.82) is 0 Å². The Morgan fingerprint density at radius 1 is 1.11 bits per heavy atom. The molecule has 4 nitrogen and oxygen atoms in total.